The highest BCUT2D eigenvalue weighted by Gasteiger charge is 2.51. The number of aliphatic hydroxyl groups is 1. The first-order valence-corrected chi connectivity index (χ1v) is 6.84. The minimum absolute atomic E-state index is 0.673. The van der Waals surface area contributed by atoms with Crippen molar-refractivity contribution in [1.29, 1.82) is 0 Å². The van der Waals surface area contributed by atoms with Crippen LogP contribution in [0.25, 0.3) is 0 Å². The average molecular weight is 245 g/mol. The second-order valence-corrected chi connectivity index (χ2v) is 5.42. The minimum atomic E-state index is -0.838. The lowest BCUT2D eigenvalue weighted by molar-refractivity contribution is -0.505. The van der Waals surface area contributed by atoms with E-state index in [1.54, 1.807) is 0 Å². The van der Waals surface area contributed by atoms with Gasteiger partial charge in [-0.1, -0.05) is 30.3 Å². The van der Waals surface area contributed by atoms with Crippen LogP contribution in [0, 0.1) is 0 Å². The van der Waals surface area contributed by atoms with Gasteiger partial charge in [0.25, 0.3) is 5.72 Å². The third-order valence-electron chi connectivity index (χ3n) is 4.17. The van der Waals surface area contributed by atoms with Crippen molar-refractivity contribution < 1.29 is 9.68 Å². The molecule has 1 aromatic rings. The lowest BCUT2D eigenvalue weighted by Gasteiger charge is -2.28. The van der Waals surface area contributed by atoms with Crippen molar-refractivity contribution in [1.82, 2.24) is 4.90 Å². The fourth-order valence-corrected chi connectivity index (χ4v) is 3.25. The van der Waals surface area contributed by atoms with Gasteiger partial charge in [-0.15, -0.1) is 0 Å². The number of hydrogen-bond acceptors (Lipinski definition) is 2. The van der Waals surface area contributed by atoms with E-state index in [9.17, 15) is 5.11 Å². The van der Waals surface area contributed by atoms with Crippen LogP contribution in [0.4, 0.5) is 0 Å². The molecule has 3 nitrogen and oxygen atoms in total. The van der Waals surface area contributed by atoms with Gasteiger partial charge in [0.05, 0.1) is 13.6 Å². The van der Waals surface area contributed by atoms with E-state index in [1.165, 1.54) is 25.1 Å². The number of amidine groups is 1. The molecule has 1 aromatic carbocycles. The molecule has 3 rings (SSSR count). The van der Waals surface area contributed by atoms with Crippen molar-refractivity contribution in [2.75, 3.05) is 20.1 Å². The standard InChI is InChI=1S/C15H21N2O/c1-16-12-15(18,13-8-4-2-5-9-13)17-11-7-3-6-10-14(16)17/h2,4-5,8-9,18H,3,6-7,10-12H2,1H3/q+1. The molecule has 0 spiro atoms. The van der Waals surface area contributed by atoms with Gasteiger partial charge in [-0.2, -0.15) is 0 Å². The monoisotopic (exact) mass is 245 g/mol. The molecule has 96 valence electrons. The summed E-state index contributed by atoms with van der Waals surface area (Å²) in [6, 6.07) is 10.1. The van der Waals surface area contributed by atoms with Crippen molar-refractivity contribution in [3.8, 4) is 0 Å². The van der Waals surface area contributed by atoms with Gasteiger partial charge in [0.1, 0.15) is 0 Å². The zero-order valence-electron chi connectivity index (χ0n) is 11.0. The predicted octanol–water partition coefficient (Wildman–Crippen LogP) is 1.76. The highest BCUT2D eigenvalue weighted by molar-refractivity contribution is 5.79. The van der Waals surface area contributed by atoms with E-state index in [-0.39, 0.29) is 0 Å². The lowest BCUT2D eigenvalue weighted by atomic mass is 10.0. The molecule has 1 saturated heterocycles. The SMILES string of the molecule is C[N+]1=C2CCCCCN2C(O)(c2ccccc2)C1. The van der Waals surface area contributed by atoms with Crippen molar-refractivity contribution >= 4 is 5.84 Å². The molecule has 0 aromatic heterocycles. The third kappa shape index (κ3) is 1.74. The van der Waals surface area contributed by atoms with Crippen LogP contribution in [-0.4, -0.2) is 40.6 Å². The van der Waals surface area contributed by atoms with Crippen LogP contribution < -0.4 is 0 Å². The minimum Gasteiger partial charge on any atom is -0.346 e. The number of nitrogens with zero attached hydrogens (tertiary/aromatic N) is 2. The summed E-state index contributed by atoms with van der Waals surface area (Å²) < 4.78 is 2.22. The van der Waals surface area contributed by atoms with Gasteiger partial charge >= 0.3 is 0 Å². The molecule has 18 heavy (non-hydrogen) atoms. The Hall–Kier alpha value is -1.35. The molecule has 2 aliphatic heterocycles. The smallest absolute Gasteiger partial charge is 0.270 e. The first-order chi connectivity index (χ1) is 8.72. The van der Waals surface area contributed by atoms with E-state index in [0.717, 1.165) is 18.5 Å². The van der Waals surface area contributed by atoms with Gasteiger partial charge in [-0.05, 0) is 19.3 Å². The van der Waals surface area contributed by atoms with Crippen molar-refractivity contribution in [3.63, 3.8) is 0 Å². The maximum Gasteiger partial charge on any atom is 0.270 e. The van der Waals surface area contributed by atoms with Crippen molar-refractivity contribution in [2.45, 2.75) is 31.4 Å². The fourth-order valence-electron chi connectivity index (χ4n) is 3.25. The van der Waals surface area contributed by atoms with Crippen LogP contribution in [0.3, 0.4) is 0 Å². The molecule has 1 N–H and O–H groups in total. The predicted molar refractivity (Wildman–Crippen MR) is 71.6 cm³/mol. The van der Waals surface area contributed by atoms with Crippen molar-refractivity contribution in [2.24, 2.45) is 0 Å². The van der Waals surface area contributed by atoms with E-state index in [0.29, 0.717) is 6.54 Å². The summed E-state index contributed by atoms with van der Waals surface area (Å²) in [5.41, 5.74) is 0.170. The molecule has 1 unspecified atom stereocenters. The van der Waals surface area contributed by atoms with E-state index in [2.05, 4.69) is 16.5 Å². The number of likely N-dealkylation sites (N-methyl/N-ethyl adjacent to an activating group) is 1. The molecule has 2 heterocycles. The topological polar surface area (TPSA) is 26.5 Å². The van der Waals surface area contributed by atoms with Gasteiger partial charge < -0.3 is 5.11 Å². The summed E-state index contributed by atoms with van der Waals surface area (Å²) in [4.78, 5) is 2.22. The number of fused-ring (bicyclic) bond motifs is 1. The third-order valence-corrected chi connectivity index (χ3v) is 4.17. The normalized spacial score (nSPS) is 28.2. The Kier molecular flexibility index (Phi) is 2.86. The summed E-state index contributed by atoms with van der Waals surface area (Å²) in [6.07, 6.45) is 4.76. The summed E-state index contributed by atoms with van der Waals surface area (Å²) in [5.74, 6) is 1.30. The summed E-state index contributed by atoms with van der Waals surface area (Å²) in [7, 11) is 2.09. The van der Waals surface area contributed by atoms with Crippen LogP contribution >= 0.6 is 0 Å². The van der Waals surface area contributed by atoms with E-state index >= 15 is 0 Å². The second kappa shape index (κ2) is 4.39. The van der Waals surface area contributed by atoms with E-state index < -0.39 is 5.72 Å². The first-order valence-electron chi connectivity index (χ1n) is 6.84. The number of hydrogen-bond donors (Lipinski definition) is 1. The number of rotatable bonds is 1. The zero-order valence-corrected chi connectivity index (χ0v) is 11.0. The number of benzene rings is 1. The molecular weight excluding hydrogens is 224 g/mol. The molecule has 0 saturated carbocycles. The molecular formula is C15H21N2O+. The molecule has 1 atom stereocenters. The highest BCUT2D eigenvalue weighted by Crippen LogP contribution is 2.33. The van der Waals surface area contributed by atoms with Gasteiger partial charge in [-0.25, -0.2) is 4.90 Å². The molecule has 0 amide bonds. The Labute approximate surface area is 108 Å². The number of β-amino-alcohol motifs (C(OH)–C–C–N with tert-alkyl or cyclic N) is 1. The van der Waals surface area contributed by atoms with Crippen molar-refractivity contribution in [3.05, 3.63) is 35.9 Å². The maximum absolute atomic E-state index is 11.1. The van der Waals surface area contributed by atoms with Crippen LogP contribution in [0.15, 0.2) is 30.3 Å². The van der Waals surface area contributed by atoms with Crippen LogP contribution in [0.1, 0.15) is 31.2 Å². The Morgan fingerprint density at radius 3 is 2.72 bits per heavy atom. The van der Waals surface area contributed by atoms with Gasteiger partial charge in [0, 0.05) is 12.0 Å². The molecule has 1 fully saturated rings. The van der Waals surface area contributed by atoms with Gasteiger partial charge in [-0.3, -0.25) is 4.58 Å². The zero-order chi connectivity index (χ0) is 12.6. The highest BCUT2D eigenvalue weighted by atomic mass is 16.3. The summed E-state index contributed by atoms with van der Waals surface area (Å²) in [6.45, 7) is 1.64. The first kappa shape index (κ1) is 11.7. The molecule has 0 aliphatic carbocycles. The lowest BCUT2D eigenvalue weighted by Crippen LogP contribution is -2.46. The second-order valence-electron chi connectivity index (χ2n) is 5.42. The fraction of sp³-hybridized carbons (Fsp3) is 0.533. The Balaban J connectivity index is 2.00. The summed E-state index contributed by atoms with van der Waals surface area (Å²) in [5, 5.41) is 11.1. The molecule has 2 aliphatic rings. The van der Waals surface area contributed by atoms with Gasteiger partial charge in [0.2, 0.25) is 5.84 Å². The largest absolute Gasteiger partial charge is 0.346 e. The van der Waals surface area contributed by atoms with Crippen LogP contribution in [0.5, 0.6) is 0 Å². The Morgan fingerprint density at radius 2 is 1.94 bits per heavy atom. The van der Waals surface area contributed by atoms with E-state index in [4.69, 9.17) is 0 Å². The van der Waals surface area contributed by atoms with Gasteiger partial charge in [0.15, 0.2) is 6.54 Å². The Morgan fingerprint density at radius 1 is 1.17 bits per heavy atom. The summed E-state index contributed by atoms with van der Waals surface area (Å²) >= 11 is 0. The average Bonchev–Trinajstić information content (AvgIpc) is 2.60. The Bertz CT molecular complexity index is 469. The molecule has 3 heteroatoms. The quantitative estimate of drug-likeness (QED) is 0.763. The molecule has 0 radical (unpaired) electrons. The van der Waals surface area contributed by atoms with Crippen LogP contribution in [0.2, 0.25) is 0 Å². The van der Waals surface area contributed by atoms with E-state index in [1.807, 2.05) is 30.3 Å². The maximum atomic E-state index is 11.1. The van der Waals surface area contributed by atoms with Crippen LogP contribution in [-0.2, 0) is 5.72 Å². The molecule has 0 bridgehead atoms.